The van der Waals surface area contributed by atoms with E-state index in [0.29, 0.717) is 55.6 Å². The van der Waals surface area contributed by atoms with Gasteiger partial charge >= 0.3 is 5.69 Å². The lowest BCUT2D eigenvalue weighted by atomic mass is 9.94. The molecule has 22 fully saturated rings. The first kappa shape index (κ1) is 101. The summed E-state index contributed by atoms with van der Waals surface area (Å²) in [7, 11) is 25.1. The first-order valence-corrected chi connectivity index (χ1v) is 41.4. The average molecular weight is 1790 g/mol. The summed E-state index contributed by atoms with van der Waals surface area (Å²) in [6, 6.07) is 15.0. The summed E-state index contributed by atoms with van der Waals surface area (Å²) in [6.07, 6.45) is -33.4. The van der Waals surface area contributed by atoms with Gasteiger partial charge in [0.2, 0.25) is 5.91 Å². The van der Waals surface area contributed by atoms with Gasteiger partial charge in [0.05, 0.1) is 77.6 Å². The number of carbonyl (C=O) groups excluding carboxylic acids is 1. The molecular formula is C85H128N2O38. The molecule has 12 bridgehead atoms. The van der Waals surface area contributed by atoms with Gasteiger partial charge < -0.3 is 171 Å². The summed E-state index contributed by atoms with van der Waals surface area (Å²) in [5.74, 6) is 7.02. The van der Waals surface area contributed by atoms with Crippen molar-refractivity contribution in [3.8, 4) is 29.1 Å². The van der Waals surface area contributed by atoms with Crippen molar-refractivity contribution in [1.82, 2.24) is 0 Å². The third-order valence-corrected chi connectivity index (χ3v) is 22.6. The van der Waals surface area contributed by atoms with Gasteiger partial charge in [0.25, 0.3) is 0 Å². The quantitative estimate of drug-likeness (QED) is 0.0356. The summed E-state index contributed by atoms with van der Waals surface area (Å²) < 4.78 is 219. The molecule has 0 unspecified atom stereocenters. The first-order valence-electron chi connectivity index (χ1n) is 41.4. The van der Waals surface area contributed by atoms with E-state index in [-0.39, 0.29) is 76.5 Å². The molecule has 0 radical (unpaired) electrons. The summed E-state index contributed by atoms with van der Waals surface area (Å²) in [4.78, 5) is 25.7. The highest BCUT2D eigenvalue weighted by Crippen LogP contribution is 2.44. The zero-order valence-corrected chi connectivity index (χ0v) is 74.6. The van der Waals surface area contributed by atoms with Gasteiger partial charge in [-0.3, -0.25) is 14.9 Å². The predicted octanol–water partition coefficient (Wildman–Crippen LogP) is 3.28. The lowest BCUT2D eigenvalue weighted by Crippen LogP contribution is -2.70. The fourth-order valence-electron chi connectivity index (χ4n) is 16.9. The van der Waals surface area contributed by atoms with Gasteiger partial charge in [0, 0.05) is 150 Å². The molecule has 40 nitrogen and oxygen atoms in total. The van der Waals surface area contributed by atoms with Gasteiger partial charge in [-0.25, -0.2) is 0 Å². The number of nitro benzene ring substituents is 1. The van der Waals surface area contributed by atoms with E-state index in [1.54, 1.807) is 30.3 Å². The number of nitrogens with one attached hydrogen (secondary N) is 1. The zero-order chi connectivity index (χ0) is 89.8. The van der Waals surface area contributed by atoms with Crippen LogP contribution in [-0.2, 0) is 152 Å². The highest BCUT2D eigenvalue weighted by molar-refractivity contribution is 5.91. The van der Waals surface area contributed by atoms with E-state index in [1.807, 2.05) is 26.0 Å². The van der Waals surface area contributed by atoms with Crippen LogP contribution in [0.1, 0.15) is 35.1 Å². The predicted molar refractivity (Wildman–Crippen MR) is 435 cm³/mol. The number of ether oxygens (including phenoxy) is 34. The molecule has 40 heteroatoms. The van der Waals surface area contributed by atoms with Crippen LogP contribution in [0.4, 0.5) is 11.4 Å². The molecule has 22 aliphatic rings. The molecule has 0 saturated carbocycles. The lowest BCUT2D eigenvalue weighted by molar-refractivity contribution is -0.409. The van der Waals surface area contributed by atoms with E-state index in [1.165, 1.54) is 133 Å². The summed E-state index contributed by atoms with van der Waals surface area (Å²) in [6.45, 7) is 4.79. The highest BCUT2D eigenvalue weighted by Gasteiger charge is 2.62. The molecule has 0 aromatic heterocycles. The van der Waals surface area contributed by atoms with E-state index in [9.17, 15) is 14.9 Å². The SMILES string of the molecule is COC[C@H]1O[C@@H]2O[C@@H]3[C@@H](OC)[C@@H](OC)[C@@H](O[C@@H]4[C@@H](OC)[C@@H](OC)[C@@H](O[C@@H]5[C@@H](OC)[C@@H](OC)[C@@H](O[C@@H]6[C@@H](OC)[C@@H](OC)[C@@H](O[C@@H]7[C@@H](OC)[C@@H](OC)[C@@H](O[C@@H]1[C@@H](OC)[C@H]2OC)O[C@@H]7COC)O[C@@H]6COC)O[C@@H]5COc1ccc(C#Cc2ccc(OCCCC(=O)Nc5cc(C)c(OCCOCCOCCO)c(C)c5)cc2)cc1[N+](=O)[O-])O[C@@H]4COC)O[C@@H]3COC. The number of hydrogen-bond donors (Lipinski definition) is 2. The van der Waals surface area contributed by atoms with Crippen LogP contribution in [0.25, 0.3) is 0 Å². The monoisotopic (exact) mass is 1780 g/mol. The van der Waals surface area contributed by atoms with E-state index in [4.69, 9.17) is 166 Å². The van der Waals surface area contributed by atoms with E-state index in [2.05, 4.69) is 17.2 Å². The van der Waals surface area contributed by atoms with Crippen LogP contribution in [0, 0.1) is 35.8 Å². The van der Waals surface area contributed by atoms with Crippen molar-refractivity contribution in [2.45, 2.75) is 211 Å². The fourth-order valence-corrected chi connectivity index (χ4v) is 16.9. The summed E-state index contributed by atoms with van der Waals surface area (Å²) >= 11 is 0. The normalized spacial score (nSPS) is 34.5. The average Bonchev–Trinajstić information content (AvgIpc) is 0.759. The van der Waals surface area contributed by atoms with Gasteiger partial charge in [-0.2, -0.15) is 0 Å². The molecule has 22 aliphatic heterocycles. The van der Waals surface area contributed by atoms with Crippen LogP contribution >= 0.6 is 0 Å². The minimum atomic E-state index is -1.45. The fraction of sp³-hybridized carbons (Fsp3) is 0.753. The summed E-state index contributed by atoms with van der Waals surface area (Å²) in [5.41, 5.74) is 2.79. The van der Waals surface area contributed by atoms with Gasteiger partial charge in [0.15, 0.2) is 43.5 Å². The van der Waals surface area contributed by atoms with Crippen LogP contribution < -0.4 is 19.5 Å². The first-order chi connectivity index (χ1) is 60.8. The second kappa shape index (κ2) is 51.1. The van der Waals surface area contributed by atoms with Gasteiger partial charge in [0.1, 0.15) is 171 Å². The Labute approximate surface area is 729 Å². The molecule has 706 valence electrons. The smallest absolute Gasteiger partial charge is 0.312 e. The van der Waals surface area contributed by atoms with Crippen LogP contribution in [0.15, 0.2) is 54.6 Å². The number of carbonyl (C=O) groups is 1. The second-order valence-electron chi connectivity index (χ2n) is 30.3. The maximum atomic E-state index is 13.3. The van der Waals surface area contributed by atoms with Crippen LogP contribution in [0.5, 0.6) is 17.2 Å². The van der Waals surface area contributed by atoms with E-state index < -0.39 is 201 Å². The van der Waals surface area contributed by atoms with Crippen molar-refractivity contribution in [3.63, 3.8) is 0 Å². The van der Waals surface area contributed by atoms with Gasteiger partial charge in [-0.1, -0.05) is 11.8 Å². The standard InChI is InChI=1S/C85H128N2O38/c1-46-37-50(38-47(2)61(46)112-36-35-110-34-33-109-32-30-88)86-60(89)21-20-31-111-51-27-24-48(25-28-51)22-23-49-26-29-53(52(39-49)87(90)91)113-45-59-67-73(102-13)79(108-19)85(119-59)124-66-58(44-96-7)117-83(77(106-17)72(66)101-12)122-64-56(42-94-5)115-81(75(104-15)70(64)99-10)120-62-54(40-92-3)114-80(74(103-14)68(62)97-8)121-63-55(41-93-4)116-82(76(105-16)69(63)98-9)123-65-57(43-95-6)118-84(125-67)78(107-18)71(65)100-11/h24-29,37-39,54-59,62-85,88H,20-21,30-36,40-45H2,1-19H3,(H,86,89)/t54-,55-,56-,57-,58-,59-,62+,63+,64+,65+,66+,67+,68-,69-,70-,71-,72-,73-,74-,75-,76-,77-,78-,79-,80-,81-,82-,83-,84-,85-/m1/s1. The van der Waals surface area contributed by atoms with Crippen LogP contribution in [0.2, 0.25) is 0 Å². The third-order valence-electron chi connectivity index (χ3n) is 22.6. The molecule has 0 aliphatic carbocycles. The maximum absolute atomic E-state index is 13.3. The van der Waals surface area contributed by atoms with Crippen molar-refractivity contribution >= 4 is 17.3 Å². The van der Waals surface area contributed by atoms with Gasteiger partial charge in [-0.05, 0) is 79.9 Å². The summed E-state index contributed by atoms with van der Waals surface area (Å²) in [5, 5.41) is 25.1. The van der Waals surface area contributed by atoms with Crippen molar-refractivity contribution in [3.05, 3.63) is 87.0 Å². The zero-order valence-electron chi connectivity index (χ0n) is 74.6. The molecule has 22 saturated heterocycles. The Balaban J connectivity index is 0.938. The minimum absolute atomic E-state index is 0.0436. The number of anilines is 1. The number of aryl methyl sites for hydroxylation is 2. The number of amides is 1. The highest BCUT2D eigenvalue weighted by atomic mass is 16.8. The van der Waals surface area contributed by atoms with Crippen molar-refractivity contribution in [2.24, 2.45) is 0 Å². The van der Waals surface area contributed by atoms with Crippen molar-refractivity contribution in [1.29, 1.82) is 0 Å². The largest absolute Gasteiger partial charge is 0.494 e. The molecule has 3 aromatic carbocycles. The Bertz CT molecular complexity index is 3700. The Morgan fingerprint density at radius 1 is 0.376 bits per heavy atom. The molecule has 125 heavy (non-hydrogen) atoms. The molecular weight excluding hydrogens is 1660 g/mol. The number of nitro groups is 1. The van der Waals surface area contributed by atoms with Crippen molar-refractivity contribution < 1.29 is 176 Å². The molecule has 1 amide bonds. The second-order valence-corrected chi connectivity index (χ2v) is 30.3. The van der Waals surface area contributed by atoms with Gasteiger partial charge in [-0.15, -0.1) is 0 Å². The number of nitrogens with zero attached hydrogens (tertiary/aromatic N) is 1. The number of benzene rings is 3. The van der Waals surface area contributed by atoms with E-state index >= 15 is 0 Å². The maximum Gasteiger partial charge on any atom is 0.312 e. The minimum Gasteiger partial charge on any atom is -0.494 e. The molecule has 25 rings (SSSR count). The molecule has 22 heterocycles. The Morgan fingerprint density at radius 2 is 0.688 bits per heavy atom. The number of rotatable bonds is 41. The number of aliphatic hydroxyl groups excluding tert-OH is 1. The lowest BCUT2D eigenvalue weighted by Gasteiger charge is -2.53. The number of aliphatic hydroxyl groups is 1. The molecule has 0 spiro atoms. The van der Waals surface area contributed by atoms with Crippen molar-refractivity contribution in [2.75, 3.05) is 212 Å². The Kier molecular flexibility index (Phi) is 41.5. The van der Waals surface area contributed by atoms with Crippen LogP contribution in [0.3, 0.4) is 0 Å². The number of methoxy groups -OCH3 is 17. The van der Waals surface area contributed by atoms with E-state index in [0.717, 1.165) is 11.1 Å². The number of hydrogen-bond acceptors (Lipinski definition) is 38. The Morgan fingerprint density at radius 3 is 1.01 bits per heavy atom. The molecule has 2 N–H and O–H groups in total. The third kappa shape index (κ3) is 25.3. The van der Waals surface area contributed by atoms with Crippen LogP contribution in [-0.4, -0.2) is 407 Å². The Hall–Kier alpha value is -5.79. The molecule has 30 atom stereocenters. The molecule has 3 aromatic rings. The topological polar surface area (TPSA) is 406 Å².